The van der Waals surface area contributed by atoms with Gasteiger partial charge in [0.2, 0.25) is 0 Å². The van der Waals surface area contributed by atoms with E-state index in [1.807, 2.05) is 0 Å². The summed E-state index contributed by atoms with van der Waals surface area (Å²) in [6.45, 7) is 6.54. The number of hydrogen-bond donors (Lipinski definition) is 0. The van der Waals surface area contributed by atoms with E-state index in [0.717, 1.165) is 51.8 Å². The maximum absolute atomic E-state index is 12.5. The van der Waals surface area contributed by atoms with E-state index in [4.69, 9.17) is 9.47 Å². The van der Waals surface area contributed by atoms with E-state index in [1.165, 1.54) is 20.3 Å². The van der Waals surface area contributed by atoms with Crippen LogP contribution >= 0.6 is 0 Å². The summed E-state index contributed by atoms with van der Waals surface area (Å²) < 4.78 is 13.9. The number of rotatable bonds is 12. The van der Waals surface area contributed by atoms with Crippen LogP contribution in [0.3, 0.4) is 0 Å². The van der Waals surface area contributed by atoms with Crippen molar-refractivity contribution in [1.29, 1.82) is 0 Å². The van der Waals surface area contributed by atoms with Gasteiger partial charge in [-0.25, -0.2) is 0 Å². The molecule has 134 valence electrons. The molecule has 0 aromatic heterocycles. The van der Waals surface area contributed by atoms with Crippen LogP contribution in [-0.2, 0) is 19.1 Å². The van der Waals surface area contributed by atoms with Crippen LogP contribution in [0.25, 0.3) is 0 Å². The van der Waals surface area contributed by atoms with Gasteiger partial charge < -0.3 is 0 Å². The average Bonchev–Trinajstić information content (AvgIpc) is 2.58. The third-order valence-electron chi connectivity index (χ3n) is 4.47. The van der Waals surface area contributed by atoms with Gasteiger partial charge in [-0.15, -0.1) is 0 Å². The van der Waals surface area contributed by atoms with Gasteiger partial charge in [0.25, 0.3) is 0 Å². The van der Waals surface area contributed by atoms with Crippen LogP contribution in [-0.4, -0.2) is 44.5 Å². The Hall–Kier alpha value is -0.521. The summed E-state index contributed by atoms with van der Waals surface area (Å²) in [5.41, 5.74) is 0. The molecular formula is C18H34O4Sn. The molecule has 4 nitrogen and oxygen atoms in total. The van der Waals surface area contributed by atoms with Crippen molar-refractivity contribution in [2.24, 2.45) is 0 Å². The standard InChI is InChI=1S/C6H7O4.3C4H9.Sn/c1-9-5(7)3-4-6(8)10-2;3*1-3-4-2;/h3H,1-2H3;3*1,3-4H2,2H3;. The van der Waals surface area contributed by atoms with E-state index in [2.05, 4.69) is 20.8 Å². The fraction of sp³-hybridized carbons (Fsp3) is 0.778. The van der Waals surface area contributed by atoms with E-state index >= 15 is 0 Å². The molecular weight excluding hydrogens is 399 g/mol. The van der Waals surface area contributed by atoms with E-state index < -0.39 is 24.3 Å². The van der Waals surface area contributed by atoms with Crippen molar-refractivity contribution in [2.45, 2.75) is 72.6 Å². The van der Waals surface area contributed by atoms with Crippen LogP contribution in [0.1, 0.15) is 59.3 Å². The first-order valence-corrected chi connectivity index (χ1v) is 16.4. The second kappa shape index (κ2) is 12.8. The number of carbonyl (C=O) groups excluding carboxylic acids is 2. The molecule has 0 saturated carbocycles. The van der Waals surface area contributed by atoms with E-state index in [1.54, 1.807) is 0 Å². The fourth-order valence-electron chi connectivity index (χ4n) is 3.04. The Kier molecular flexibility index (Phi) is 12.6. The molecule has 0 aliphatic rings. The zero-order valence-corrected chi connectivity index (χ0v) is 18.4. The Labute approximate surface area is 145 Å². The van der Waals surface area contributed by atoms with Crippen LogP contribution in [0.15, 0.2) is 9.67 Å². The topological polar surface area (TPSA) is 52.6 Å². The third-order valence-corrected chi connectivity index (χ3v) is 19.9. The van der Waals surface area contributed by atoms with Gasteiger partial charge in [0.05, 0.1) is 0 Å². The maximum atomic E-state index is 12.5. The molecule has 0 unspecified atom stereocenters. The van der Waals surface area contributed by atoms with E-state index in [-0.39, 0.29) is 5.97 Å². The van der Waals surface area contributed by atoms with E-state index in [9.17, 15) is 9.59 Å². The second-order valence-electron chi connectivity index (χ2n) is 6.16. The summed E-state index contributed by atoms with van der Waals surface area (Å²) in [6, 6.07) is 0. The number of hydrogen-bond acceptors (Lipinski definition) is 4. The summed E-state index contributed by atoms with van der Waals surface area (Å²) in [5, 5.41) is 0. The molecule has 0 bridgehead atoms. The van der Waals surface area contributed by atoms with Gasteiger partial charge in [-0.05, 0) is 0 Å². The Balaban J connectivity index is 5.85. The van der Waals surface area contributed by atoms with Crippen molar-refractivity contribution in [3.63, 3.8) is 0 Å². The molecule has 0 aromatic carbocycles. The average molecular weight is 433 g/mol. The van der Waals surface area contributed by atoms with Crippen molar-refractivity contribution in [1.82, 2.24) is 0 Å². The second-order valence-corrected chi connectivity index (χ2v) is 19.3. The number of ether oxygens (including phenoxy) is 2. The van der Waals surface area contributed by atoms with Crippen LogP contribution in [0, 0.1) is 0 Å². The molecule has 0 heterocycles. The number of unbranched alkanes of at least 4 members (excludes halogenated alkanes) is 3. The number of esters is 2. The minimum atomic E-state index is -2.97. The predicted molar refractivity (Wildman–Crippen MR) is 97.0 cm³/mol. The van der Waals surface area contributed by atoms with Crippen molar-refractivity contribution < 1.29 is 19.1 Å². The Morgan fingerprint density at radius 2 is 1.26 bits per heavy atom. The molecule has 0 spiro atoms. The normalized spacial score (nSPS) is 12.1. The summed E-state index contributed by atoms with van der Waals surface area (Å²) in [4.78, 5) is 24.3. The Bertz CT molecular complexity index is 369. The molecule has 23 heavy (non-hydrogen) atoms. The van der Waals surface area contributed by atoms with Crippen LogP contribution < -0.4 is 0 Å². The molecule has 0 aliphatic heterocycles. The van der Waals surface area contributed by atoms with Crippen molar-refractivity contribution >= 4 is 30.3 Å². The van der Waals surface area contributed by atoms with Crippen molar-refractivity contribution in [3.8, 4) is 0 Å². The van der Waals surface area contributed by atoms with E-state index in [0.29, 0.717) is 3.59 Å². The van der Waals surface area contributed by atoms with Gasteiger partial charge in [-0.1, -0.05) is 0 Å². The summed E-state index contributed by atoms with van der Waals surface area (Å²) in [7, 11) is 2.76. The minimum absolute atomic E-state index is 0.311. The molecule has 0 atom stereocenters. The molecule has 0 fully saturated rings. The third kappa shape index (κ3) is 7.73. The van der Waals surface area contributed by atoms with Crippen LogP contribution in [0.2, 0.25) is 13.3 Å². The van der Waals surface area contributed by atoms with Gasteiger partial charge in [0.15, 0.2) is 0 Å². The van der Waals surface area contributed by atoms with Gasteiger partial charge in [-0.2, -0.15) is 0 Å². The number of carbonyl (C=O) groups is 2. The van der Waals surface area contributed by atoms with Gasteiger partial charge in [0.1, 0.15) is 0 Å². The first-order valence-electron chi connectivity index (χ1n) is 8.89. The SMILES string of the molecule is CCC[CH2][Sn]([CH2]CCC)([CH2]CCC)/[C](=C/C(=O)OC)C(=O)OC. The quantitative estimate of drug-likeness (QED) is 0.256. The zero-order chi connectivity index (χ0) is 17.7. The first kappa shape index (κ1) is 22.5. The molecule has 0 rings (SSSR count). The monoisotopic (exact) mass is 434 g/mol. The van der Waals surface area contributed by atoms with Crippen molar-refractivity contribution in [2.75, 3.05) is 14.2 Å². The van der Waals surface area contributed by atoms with Crippen LogP contribution in [0.5, 0.6) is 0 Å². The fourth-order valence-corrected chi connectivity index (χ4v) is 19.0. The van der Waals surface area contributed by atoms with Gasteiger partial charge in [0, 0.05) is 0 Å². The summed E-state index contributed by atoms with van der Waals surface area (Å²) in [6.07, 6.45) is 8.16. The molecule has 0 saturated heterocycles. The van der Waals surface area contributed by atoms with Gasteiger partial charge in [-0.3, -0.25) is 0 Å². The summed E-state index contributed by atoms with van der Waals surface area (Å²) >= 11 is -2.97. The Morgan fingerprint density at radius 3 is 1.57 bits per heavy atom. The molecule has 0 radical (unpaired) electrons. The van der Waals surface area contributed by atoms with Crippen molar-refractivity contribution in [3.05, 3.63) is 9.67 Å². The number of methoxy groups -OCH3 is 2. The summed E-state index contributed by atoms with van der Waals surface area (Å²) in [5.74, 6) is -0.745. The van der Waals surface area contributed by atoms with Gasteiger partial charge >= 0.3 is 146 Å². The zero-order valence-electron chi connectivity index (χ0n) is 15.6. The molecule has 0 aromatic rings. The van der Waals surface area contributed by atoms with Crippen LogP contribution in [0.4, 0.5) is 0 Å². The molecule has 0 amide bonds. The Morgan fingerprint density at radius 1 is 0.826 bits per heavy atom. The molecule has 5 heteroatoms. The molecule has 0 N–H and O–H groups in total. The first-order chi connectivity index (χ1) is 11.0. The molecule has 0 aliphatic carbocycles. The predicted octanol–water partition coefficient (Wildman–Crippen LogP) is 4.65.